The van der Waals surface area contributed by atoms with Gasteiger partial charge in [-0.2, -0.15) is 4.31 Å². The SMILES string of the molecule is CCC(C)N(C(C)CC)S(=O)(=O)c1ccccc1. The molecule has 0 aliphatic heterocycles. The van der Waals surface area contributed by atoms with Crippen LogP contribution in [0.5, 0.6) is 0 Å². The van der Waals surface area contributed by atoms with Gasteiger partial charge in [0, 0.05) is 12.1 Å². The smallest absolute Gasteiger partial charge is 0.207 e. The van der Waals surface area contributed by atoms with E-state index in [9.17, 15) is 8.42 Å². The monoisotopic (exact) mass is 269 g/mol. The summed E-state index contributed by atoms with van der Waals surface area (Å²) in [6.45, 7) is 7.96. The lowest BCUT2D eigenvalue weighted by Crippen LogP contribution is -2.44. The Hall–Kier alpha value is -0.870. The largest absolute Gasteiger partial charge is 0.243 e. The number of rotatable bonds is 6. The first kappa shape index (κ1) is 15.2. The molecule has 3 nitrogen and oxygen atoms in total. The van der Waals surface area contributed by atoms with E-state index in [2.05, 4.69) is 0 Å². The predicted octanol–water partition coefficient (Wildman–Crippen LogP) is 3.27. The summed E-state index contributed by atoms with van der Waals surface area (Å²) < 4.78 is 27.0. The lowest BCUT2D eigenvalue weighted by molar-refractivity contribution is 0.262. The van der Waals surface area contributed by atoms with Gasteiger partial charge < -0.3 is 0 Å². The van der Waals surface area contributed by atoms with Crippen LogP contribution < -0.4 is 0 Å². The number of hydrogen-bond acceptors (Lipinski definition) is 2. The van der Waals surface area contributed by atoms with Crippen LogP contribution >= 0.6 is 0 Å². The first-order valence-corrected chi connectivity index (χ1v) is 7.97. The molecule has 2 atom stereocenters. The van der Waals surface area contributed by atoms with Crippen molar-refractivity contribution in [1.82, 2.24) is 4.31 Å². The zero-order valence-corrected chi connectivity index (χ0v) is 12.4. The first-order valence-electron chi connectivity index (χ1n) is 6.53. The molecule has 0 aliphatic rings. The van der Waals surface area contributed by atoms with Crippen molar-refractivity contribution in [1.29, 1.82) is 0 Å². The Morgan fingerprint density at radius 3 is 1.83 bits per heavy atom. The van der Waals surface area contributed by atoms with E-state index < -0.39 is 10.0 Å². The molecule has 0 bridgehead atoms. The molecule has 0 saturated heterocycles. The standard InChI is InChI=1S/C14H23NO2S/c1-5-12(3)15(13(4)6-2)18(16,17)14-10-8-7-9-11-14/h7-13H,5-6H2,1-4H3. The van der Waals surface area contributed by atoms with Crippen LogP contribution in [0.4, 0.5) is 0 Å². The molecule has 2 unspecified atom stereocenters. The van der Waals surface area contributed by atoms with Crippen molar-refractivity contribution < 1.29 is 8.42 Å². The van der Waals surface area contributed by atoms with Crippen LogP contribution in [0.1, 0.15) is 40.5 Å². The van der Waals surface area contributed by atoms with E-state index in [1.807, 2.05) is 33.8 Å². The van der Waals surface area contributed by atoms with E-state index in [0.29, 0.717) is 4.90 Å². The second-order valence-corrected chi connectivity index (χ2v) is 6.51. The van der Waals surface area contributed by atoms with Gasteiger partial charge in [0.2, 0.25) is 10.0 Å². The molecule has 1 aromatic carbocycles. The third-order valence-electron chi connectivity index (χ3n) is 3.37. The highest BCUT2D eigenvalue weighted by atomic mass is 32.2. The van der Waals surface area contributed by atoms with E-state index in [4.69, 9.17) is 0 Å². The molecular weight excluding hydrogens is 246 g/mol. The van der Waals surface area contributed by atoms with Gasteiger partial charge in [-0.3, -0.25) is 0 Å². The van der Waals surface area contributed by atoms with Crippen molar-refractivity contribution in [2.75, 3.05) is 0 Å². The van der Waals surface area contributed by atoms with Gasteiger partial charge >= 0.3 is 0 Å². The fourth-order valence-corrected chi connectivity index (χ4v) is 3.97. The van der Waals surface area contributed by atoms with Gasteiger partial charge in [-0.05, 0) is 38.8 Å². The van der Waals surface area contributed by atoms with Crippen LogP contribution in [-0.2, 0) is 10.0 Å². The topological polar surface area (TPSA) is 37.4 Å². The molecule has 0 aromatic heterocycles. The Bertz CT molecular complexity index is 446. The summed E-state index contributed by atoms with van der Waals surface area (Å²) in [5, 5.41) is 0. The van der Waals surface area contributed by atoms with Crippen LogP contribution in [-0.4, -0.2) is 24.8 Å². The molecule has 4 heteroatoms. The molecule has 0 radical (unpaired) electrons. The van der Waals surface area contributed by atoms with Gasteiger partial charge in [0.25, 0.3) is 0 Å². The summed E-state index contributed by atoms with van der Waals surface area (Å²) in [6.07, 6.45) is 1.63. The Labute approximate surface area is 111 Å². The Kier molecular flexibility index (Phi) is 5.35. The maximum absolute atomic E-state index is 12.7. The number of sulfonamides is 1. The van der Waals surface area contributed by atoms with Crippen molar-refractivity contribution in [2.45, 2.75) is 57.5 Å². The molecule has 0 fully saturated rings. The predicted molar refractivity (Wildman–Crippen MR) is 75.0 cm³/mol. The van der Waals surface area contributed by atoms with Crippen molar-refractivity contribution in [2.24, 2.45) is 0 Å². The molecule has 0 aliphatic carbocycles. The summed E-state index contributed by atoms with van der Waals surface area (Å²) in [5.41, 5.74) is 0. The van der Waals surface area contributed by atoms with Gasteiger partial charge in [0.15, 0.2) is 0 Å². The minimum atomic E-state index is -3.39. The van der Waals surface area contributed by atoms with Gasteiger partial charge in [0.1, 0.15) is 0 Å². The van der Waals surface area contributed by atoms with Gasteiger partial charge in [0.05, 0.1) is 4.90 Å². The van der Waals surface area contributed by atoms with Gasteiger partial charge in [-0.25, -0.2) is 8.42 Å². The lowest BCUT2D eigenvalue weighted by Gasteiger charge is -2.32. The summed E-state index contributed by atoms with van der Waals surface area (Å²) in [6, 6.07) is 8.71. The highest BCUT2D eigenvalue weighted by Gasteiger charge is 2.31. The summed E-state index contributed by atoms with van der Waals surface area (Å²) in [7, 11) is -3.39. The maximum Gasteiger partial charge on any atom is 0.243 e. The van der Waals surface area contributed by atoms with E-state index in [-0.39, 0.29) is 12.1 Å². The Morgan fingerprint density at radius 2 is 1.44 bits per heavy atom. The Balaban J connectivity index is 3.20. The normalized spacial score (nSPS) is 15.6. The zero-order chi connectivity index (χ0) is 13.8. The van der Waals surface area contributed by atoms with Crippen molar-refractivity contribution >= 4 is 10.0 Å². The quantitative estimate of drug-likeness (QED) is 0.795. The van der Waals surface area contributed by atoms with Crippen LogP contribution in [0.2, 0.25) is 0 Å². The molecule has 0 spiro atoms. The van der Waals surface area contributed by atoms with Crippen LogP contribution in [0, 0.1) is 0 Å². The second kappa shape index (κ2) is 6.34. The average Bonchev–Trinajstić information content (AvgIpc) is 2.39. The number of benzene rings is 1. The summed E-state index contributed by atoms with van der Waals surface area (Å²) >= 11 is 0. The third kappa shape index (κ3) is 3.12. The van der Waals surface area contributed by atoms with Crippen molar-refractivity contribution in [3.05, 3.63) is 30.3 Å². The minimum Gasteiger partial charge on any atom is -0.207 e. The van der Waals surface area contributed by atoms with Gasteiger partial charge in [-0.1, -0.05) is 32.0 Å². The molecular formula is C14H23NO2S. The van der Waals surface area contributed by atoms with Crippen LogP contribution in [0.25, 0.3) is 0 Å². The van der Waals surface area contributed by atoms with Crippen molar-refractivity contribution in [3.63, 3.8) is 0 Å². The fourth-order valence-electron chi connectivity index (χ4n) is 1.98. The highest BCUT2D eigenvalue weighted by molar-refractivity contribution is 7.89. The molecule has 102 valence electrons. The summed E-state index contributed by atoms with van der Waals surface area (Å²) in [4.78, 5) is 0.380. The fraction of sp³-hybridized carbons (Fsp3) is 0.571. The third-order valence-corrected chi connectivity index (χ3v) is 5.51. The zero-order valence-electron chi connectivity index (χ0n) is 11.6. The molecule has 0 amide bonds. The van der Waals surface area contributed by atoms with Crippen molar-refractivity contribution in [3.8, 4) is 0 Å². The van der Waals surface area contributed by atoms with E-state index in [1.54, 1.807) is 28.6 Å². The van der Waals surface area contributed by atoms with E-state index in [1.165, 1.54) is 0 Å². The Morgan fingerprint density at radius 1 is 1.00 bits per heavy atom. The number of nitrogens with zero attached hydrogens (tertiary/aromatic N) is 1. The lowest BCUT2D eigenvalue weighted by atomic mass is 10.2. The molecule has 0 heterocycles. The summed E-state index contributed by atoms with van der Waals surface area (Å²) in [5.74, 6) is 0. The molecule has 1 aromatic rings. The van der Waals surface area contributed by atoms with Gasteiger partial charge in [-0.15, -0.1) is 0 Å². The first-order chi connectivity index (χ1) is 8.45. The van der Waals surface area contributed by atoms with Crippen LogP contribution in [0.15, 0.2) is 35.2 Å². The second-order valence-electron chi connectivity index (χ2n) is 4.66. The van der Waals surface area contributed by atoms with E-state index in [0.717, 1.165) is 12.8 Å². The average molecular weight is 269 g/mol. The molecule has 1 rings (SSSR count). The number of hydrogen-bond donors (Lipinski definition) is 0. The minimum absolute atomic E-state index is 0.0187. The molecule has 0 saturated carbocycles. The maximum atomic E-state index is 12.7. The molecule has 18 heavy (non-hydrogen) atoms. The highest BCUT2D eigenvalue weighted by Crippen LogP contribution is 2.23. The van der Waals surface area contributed by atoms with Crippen LogP contribution in [0.3, 0.4) is 0 Å². The van der Waals surface area contributed by atoms with E-state index >= 15 is 0 Å². The molecule has 0 N–H and O–H groups in total.